The van der Waals surface area contributed by atoms with Crippen LogP contribution in [-0.2, 0) is 11.3 Å². The maximum absolute atomic E-state index is 10.9. The number of carbonyl (C=O) groups excluding carboxylic acids is 1. The average molecular weight is 387 g/mol. The second kappa shape index (κ2) is 8.05. The minimum Gasteiger partial charge on any atom is -0.370 e. The summed E-state index contributed by atoms with van der Waals surface area (Å²) in [5.41, 5.74) is 9.02. The first-order valence-corrected chi connectivity index (χ1v) is 9.35. The zero-order valence-electron chi connectivity index (χ0n) is 16.1. The van der Waals surface area contributed by atoms with Gasteiger partial charge in [-0.25, -0.2) is 15.0 Å². The van der Waals surface area contributed by atoms with Crippen molar-refractivity contribution in [2.75, 3.05) is 0 Å². The van der Waals surface area contributed by atoms with E-state index in [1.165, 1.54) is 0 Å². The average Bonchev–Trinajstić information content (AvgIpc) is 3.37. The van der Waals surface area contributed by atoms with E-state index in [4.69, 9.17) is 5.73 Å². The highest BCUT2D eigenvalue weighted by Crippen LogP contribution is 2.23. The second-order valence-corrected chi connectivity index (χ2v) is 6.76. The number of nitrogens with zero attached hydrogens (tertiary/aromatic N) is 6. The van der Waals surface area contributed by atoms with Gasteiger partial charge in [0.15, 0.2) is 5.82 Å². The molecular formula is C21H21N7O. The van der Waals surface area contributed by atoms with Gasteiger partial charge in [0.1, 0.15) is 5.82 Å². The van der Waals surface area contributed by atoms with Gasteiger partial charge in [-0.1, -0.05) is 24.3 Å². The molecule has 0 aliphatic carbocycles. The molecule has 0 saturated heterocycles. The quantitative estimate of drug-likeness (QED) is 0.525. The minimum absolute atomic E-state index is 0.302. The summed E-state index contributed by atoms with van der Waals surface area (Å²) in [6.45, 7) is 2.67. The first-order chi connectivity index (χ1) is 14.1. The van der Waals surface area contributed by atoms with Crippen LogP contribution >= 0.6 is 0 Å². The summed E-state index contributed by atoms with van der Waals surface area (Å²) in [4.78, 5) is 24.4. The van der Waals surface area contributed by atoms with Gasteiger partial charge in [-0.3, -0.25) is 14.0 Å². The molecule has 0 atom stereocenters. The van der Waals surface area contributed by atoms with E-state index in [0.29, 0.717) is 25.2 Å². The molecule has 0 saturated carbocycles. The third-order valence-corrected chi connectivity index (χ3v) is 4.64. The van der Waals surface area contributed by atoms with E-state index < -0.39 is 0 Å². The van der Waals surface area contributed by atoms with Gasteiger partial charge in [-0.15, -0.1) is 0 Å². The number of carbonyl (C=O) groups is 1. The van der Waals surface area contributed by atoms with E-state index in [1.54, 1.807) is 29.5 Å². The van der Waals surface area contributed by atoms with Gasteiger partial charge in [-0.2, -0.15) is 5.10 Å². The van der Waals surface area contributed by atoms with Gasteiger partial charge in [-0.05, 0) is 18.9 Å². The lowest BCUT2D eigenvalue weighted by atomic mass is 10.1. The summed E-state index contributed by atoms with van der Waals surface area (Å²) < 4.78 is 3.73. The largest absolute Gasteiger partial charge is 0.370 e. The Morgan fingerprint density at radius 2 is 1.90 bits per heavy atom. The van der Waals surface area contributed by atoms with Crippen LogP contribution in [0.1, 0.15) is 18.4 Å². The third kappa shape index (κ3) is 4.06. The second-order valence-electron chi connectivity index (χ2n) is 6.76. The van der Waals surface area contributed by atoms with Crippen LogP contribution < -0.4 is 5.73 Å². The number of aryl methyl sites for hydroxylation is 2. The molecule has 146 valence electrons. The number of nitrogens with two attached hydrogens (primary N) is 1. The highest BCUT2D eigenvalue weighted by Gasteiger charge is 2.12. The Labute approximate surface area is 168 Å². The van der Waals surface area contributed by atoms with Crippen molar-refractivity contribution < 1.29 is 4.79 Å². The van der Waals surface area contributed by atoms with Crippen molar-refractivity contribution in [2.45, 2.75) is 26.3 Å². The van der Waals surface area contributed by atoms with Crippen LogP contribution in [0.25, 0.3) is 28.5 Å². The molecule has 0 aliphatic rings. The molecule has 1 aromatic carbocycles. The van der Waals surface area contributed by atoms with Crippen molar-refractivity contribution in [3.8, 4) is 28.5 Å². The molecule has 0 bridgehead atoms. The van der Waals surface area contributed by atoms with Crippen LogP contribution in [0.5, 0.6) is 0 Å². The summed E-state index contributed by atoms with van der Waals surface area (Å²) in [6, 6.07) is 8.03. The molecule has 2 N–H and O–H groups in total. The third-order valence-electron chi connectivity index (χ3n) is 4.64. The Morgan fingerprint density at radius 1 is 1.10 bits per heavy atom. The van der Waals surface area contributed by atoms with Crippen molar-refractivity contribution in [2.24, 2.45) is 5.73 Å². The molecule has 8 heteroatoms. The topological polar surface area (TPSA) is 105 Å². The normalized spacial score (nSPS) is 10.9. The fourth-order valence-electron chi connectivity index (χ4n) is 3.15. The van der Waals surface area contributed by atoms with Crippen LogP contribution in [0.3, 0.4) is 0 Å². The number of benzene rings is 1. The maximum atomic E-state index is 10.9. The summed E-state index contributed by atoms with van der Waals surface area (Å²) in [5.74, 6) is 1.12. The number of rotatable bonds is 7. The van der Waals surface area contributed by atoms with Crippen molar-refractivity contribution >= 4 is 5.91 Å². The summed E-state index contributed by atoms with van der Waals surface area (Å²) in [5, 5.41) is 4.35. The number of hydrogen-bond acceptors (Lipinski definition) is 5. The van der Waals surface area contributed by atoms with Gasteiger partial charge in [0.05, 0.1) is 17.4 Å². The van der Waals surface area contributed by atoms with Crippen molar-refractivity contribution in [1.29, 1.82) is 0 Å². The molecule has 8 nitrogen and oxygen atoms in total. The Kier molecular flexibility index (Phi) is 5.15. The molecular weight excluding hydrogens is 366 g/mol. The van der Waals surface area contributed by atoms with Gasteiger partial charge in [0.2, 0.25) is 5.91 Å². The zero-order chi connectivity index (χ0) is 20.2. The smallest absolute Gasteiger partial charge is 0.217 e. The molecule has 0 fully saturated rings. The number of hydrogen-bond donors (Lipinski definition) is 1. The molecule has 0 unspecified atom stereocenters. The lowest BCUT2D eigenvalue weighted by Crippen LogP contribution is -2.11. The predicted octanol–water partition coefficient (Wildman–Crippen LogP) is 2.77. The fourth-order valence-corrected chi connectivity index (χ4v) is 3.15. The summed E-state index contributed by atoms with van der Waals surface area (Å²) in [7, 11) is 0. The Bertz CT molecular complexity index is 1130. The maximum Gasteiger partial charge on any atom is 0.217 e. The summed E-state index contributed by atoms with van der Waals surface area (Å²) >= 11 is 0. The van der Waals surface area contributed by atoms with E-state index in [-0.39, 0.29) is 5.91 Å². The Morgan fingerprint density at radius 3 is 2.66 bits per heavy atom. The Balaban J connectivity index is 1.56. The van der Waals surface area contributed by atoms with Gasteiger partial charge >= 0.3 is 0 Å². The minimum atomic E-state index is -0.302. The predicted molar refractivity (Wildman–Crippen MR) is 109 cm³/mol. The molecule has 0 spiro atoms. The zero-order valence-corrected chi connectivity index (χ0v) is 16.1. The molecule has 29 heavy (non-hydrogen) atoms. The van der Waals surface area contributed by atoms with E-state index in [2.05, 4.69) is 20.1 Å². The number of primary amides is 1. The Hall–Kier alpha value is -3.81. The van der Waals surface area contributed by atoms with Crippen LogP contribution in [-0.4, -0.2) is 35.2 Å². The first kappa shape index (κ1) is 18.5. The van der Waals surface area contributed by atoms with E-state index in [9.17, 15) is 4.79 Å². The van der Waals surface area contributed by atoms with E-state index >= 15 is 0 Å². The first-order valence-electron chi connectivity index (χ1n) is 9.35. The molecule has 0 aliphatic heterocycles. The molecule has 4 rings (SSSR count). The number of imidazole rings is 1. The standard InChI is InChI=1S/C21H21N7O/c1-15-5-2-3-6-18(15)20-24-11-16(12-25-20)21-23-8-10-28(21)17-13-26-27(14-17)9-4-7-19(22)29/h2-3,5-6,8,10-14H,4,7,9H2,1H3,(H2,22,29). The SMILES string of the molecule is Cc1ccccc1-c1ncc(-c2nccn2-c2cnn(CCCC(N)=O)c2)cn1. The highest BCUT2D eigenvalue weighted by molar-refractivity contribution is 5.73. The van der Waals surface area contributed by atoms with E-state index in [1.807, 2.05) is 48.1 Å². The molecule has 3 heterocycles. The van der Waals surface area contributed by atoms with Gasteiger partial charge in [0, 0.05) is 49.5 Å². The number of amides is 1. The van der Waals surface area contributed by atoms with Crippen molar-refractivity contribution in [3.05, 3.63) is 67.0 Å². The molecule has 4 aromatic rings. The van der Waals surface area contributed by atoms with Crippen LogP contribution in [0.2, 0.25) is 0 Å². The van der Waals surface area contributed by atoms with Crippen LogP contribution in [0.15, 0.2) is 61.4 Å². The van der Waals surface area contributed by atoms with Crippen LogP contribution in [0.4, 0.5) is 0 Å². The van der Waals surface area contributed by atoms with Gasteiger partial charge < -0.3 is 5.73 Å². The fraction of sp³-hybridized carbons (Fsp3) is 0.190. The highest BCUT2D eigenvalue weighted by atomic mass is 16.1. The molecule has 1 amide bonds. The van der Waals surface area contributed by atoms with E-state index in [0.717, 1.165) is 28.2 Å². The monoisotopic (exact) mass is 387 g/mol. The van der Waals surface area contributed by atoms with Crippen molar-refractivity contribution in [3.63, 3.8) is 0 Å². The molecule has 0 radical (unpaired) electrons. The lowest BCUT2D eigenvalue weighted by Gasteiger charge is -2.07. The number of aromatic nitrogens is 6. The summed E-state index contributed by atoms with van der Waals surface area (Å²) in [6.07, 6.45) is 11.8. The van der Waals surface area contributed by atoms with Gasteiger partial charge in [0.25, 0.3) is 0 Å². The molecule has 3 aromatic heterocycles. The van der Waals surface area contributed by atoms with Crippen LogP contribution in [0, 0.1) is 6.92 Å². The van der Waals surface area contributed by atoms with Crippen molar-refractivity contribution in [1.82, 2.24) is 29.3 Å². The lowest BCUT2D eigenvalue weighted by molar-refractivity contribution is -0.118.